The third-order valence-corrected chi connectivity index (χ3v) is 3.37. The number of rotatable bonds is 3. The molecule has 1 rings (SSSR count). The molecule has 0 aliphatic carbocycles. The van der Waals surface area contributed by atoms with Crippen LogP contribution in [0.1, 0.15) is 46.5 Å². The number of aliphatic hydroxyl groups is 1. The van der Waals surface area contributed by atoms with Gasteiger partial charge in [0.15, 0.2) is 0 Å². The number of aliphatic hydroxyl groups excluding tert-OH is 1. The topological polar surface area (TPSA) is 23.5 Å². The molecule has 1 aliphatic heterocycles. The van der Waals surface area contributed by atoms with Gasteiger partial charge < -0.3 is 5.11 Å². The van der Waals surface area contributed by atoms with Crippen LogP contribution in [0.4, 0.5) is 0 Å². The number of hydrogen-bond acceptors (Lipinski definition) is 2. The quantitative estimate of drug-likeness (QED) is 0.727. The number of hydrogen-bond donors (Lipinski definition) is 1. The molecule has 0 spiro atoms. The molecule has 1 N–H and O–H groups in total. The second kappa shape index (κ2) is 4.97. The molecule has 0 amide bonds. The highest BCUT2D eigenvalue weighted by Crippen LogP contribution is 2.22. The summed E-state index contributed by atoms with van der Waals surface area (Å²) in [6, 6.07) is 1.03. The number of piperidine rings is 1. The van der Waals surface area contributed by atoms with Crippen molar-refractivity contribution < 1.29 is 5.11 Å². The van der Waals surface area contributed by atoms with Gasteiger partial charge in [-0.15, -0.1) is 0 Å². The monoisotopic (exact) mass is 185 g/mol. The third kappa shape index (κ3) is 2.68. The van der Waals surface area contributed by atoms with Crippen LogP contribution in [0.3, 0.4) is 0 Å². The molecule has 0 bridgehead atoms. The van der Waals surface area contributed by atoms with Crippen molar-refractivity contribution in [3.63, 3.8) is 0 Å². The van der Waals surface area contributed by atoms with Crippen LogP contribution in [-0.4, -0.2) is 34.7 Å². The van der Waals surface area contributed by atoms with Crippen LogP contribution < -0.4 is 0 Å². The Morgan fingerprint density at radius 3 is 2.62 bits per heavy atom. The highest BCUT2D eigenvalue weighted by atomic mass is 16.3. The Bertz CT molecular complexity index is 145. The summed E-state index contributed by atoms with van der Waals surface area (Å²) >= 11 is 0. The van der Waals surface area contributed by atoms with Gasteiger partial charge in [-0.1, -0.05) is 13.3 Å². The Morgan fingerprint density at radius 2 is 2.08 bits per heavy atom. The standard InChI is InChI=1S/C11H23NO/c1-4-11-7-5-6-8-12(11)9(2)10(3)13/h9-11,13H,4-8H2,1-3H3. The zero-order valence-corrected chi connectivity index (χ0v) is 9.16. The van der Waals surface area contributed by atoms with E-state index in [-0.39, 0.29) is 6.10 Å². The molecule has 2 heteroatoms. The molecule has 1 saturated heterocycles. The summed E-state index contributed by atoms with van der Waals surface area (Å²) in [7, 11) is 0. The van der Waals surface area contributed by atoms with Gasteiger partial charge in [-0.25, -0.2) is 0 Å². The largest absolute Gasteiger partial charge is 0.392 e. The minimum atomic E-state index is -0.202. The molecule has 0 aromatic carbocycles. The lowest BCUT2D eigenvalue weighted by Crippen LogP contribution is -2.48. The highest BCUT2D eigenvalue weighted by molar-refractivity contribution is 4.82. The minimum Gasteiger partial charge on any atom is -0.392 e. The van der Waals surface area contributed by atoms with Crippen molar-refractivity contribution >= 4 is 0 Å². The fourth-order valence-corrected chi connectivity index (χ4v) is 2.27. The van der Waals surface area contributed by atoms with Gasteiger partial charge in [0.05, 0.1) is 6.10 Å². The van der Waals surface area contributed by atoms with Crippen LogP contribution in [-0.2, 0) is 0 Å². The summed E-state index contributed by atoms with van der Waals surface area (Å²) in [6.45, 7) is 7.45. The van der Waals surface area contributed by atoms with Crippen molar-refractivity contribution in [2.24, 2.45) is 0 Å². The Hall–Kier alpha value is -0.0800. The zero-order valence-electron chi connectivity index (χ0n) is 9.16. The maximum atomic E-state index is 9.54. The normalized spacial score (nSPS) is 30.0. The van der Waals surface area contributed by atoms with Crippen molar-refractivity contribution in [3.8, 4) is 0 Å². The zero-order chi connectivity index (χ0) is 9.84. The van der Waals surface area contributed by atoms with Gasteiger partial charge in [-0.2, -0.15) is 0 Å². The number of nitrogens with zero attached hydrogens (tertiary/aromatic N) is 1. The van der Waals surface area contributed by atoms with Gasteiger partial charge in [0.25, 0.3) is 0 Å². The van der Waals surface area contributed by atoms with E-state index in [9.17, 15) is 5.11 Å². The number of likely N-dealkylation sites (tertiary alicyclic amines) is 1. The summed E-state index contributed by atoms with van der Waals surface area (Å²) in [5.41, 5.74) is 0. The lowest BCUT2D eigenvalue weighted by atomic mass is 9.97. The second-order valence-corrected chi connectivity index (χ2v) is 4.28. The van der Waals surface area contributed by atoms with E-state index in [0.29, 0.717) is 12.1 Å². The molecule has 0 radical (unpaired) electrons. The van der Waals surface area contributed by atoms with Crippen LogP contribution >= 0.6 is 0 Å². The first kappa shape index (κ1) is 11.0. The molecule has 0 saturated carbocycles. The molecule has 0 aromatic heterocycles. The van der Waals surface area contributed by atoms with Crippen LogP contribution in [0.2, 0.25) is 0 Å². The lowest BCUT2D eigenvalue weighted by Gasteiger charge is -2.40. The predicted octanol–water partition coefficient (Wildman–Crippen LogP) is 2.02. The Balaban J connectivity index is 2.53. The fourth-order valence-electron chi connectivity index (χ4n) is 2.27. The molecular weight excluding hydrogens is 162 g/mol. The smallest absolute Gasteiger partial charge is 0.0664 e. The van der Waals surface area contributed by atoms with Crippen LogP contribution in [0, 0.1) is 0 Å². The first-order valence-electron chi connectivity index (χ1n) is 5.60. The summed E-state index contributed by atoms with van der Waals surface area (Å²) < 4.78 is 0. The van der Waals surface area contributed by atoms with E-state index in [1.54, 1.807) is 0 Å². The fraction of sp³-hybridized carbons (Fsp3) is 1.00. The molecular formula is C11H23NO. The average Bonchev–Trinajstić information content (AvgIpc) is 2.16. The maximum Gasteiger partial charge on any atom is 0.0664 e. The van der Waals surface area contributed by atoms with E-state index in [2.05, 4.69) is 18.7 Å². The Kier molecular flexibility index (Phi) is 4.20. The van der Waals surface area contributed by atoms with Gasteiger partial charge >= 0.3 is 0 Å². The minimum absolute atomic E-state index is 0.202. The van der Waals surface area contributed by atoms with E-state index < -0.39 is 0 Å². The third-order valence-electron chi connectivity index (χ3n) is 3.37. The molecule has 1 fully saturated rings. The van der Waals surface area contributed by atoms with Crippen LogP contribution in [0.15, 0.2) is 0 Å². The van der Waals surface area contributed by atoms with Crippen molar-refractivity contribution in [2.75, 3.05) is 6.54 Å². The predicted molar refractivity (Wildman–Crippen MR) is 55.8 cm³/mol. The molecule has 2 nitrogen and oxygen atoms in total. The van der Waals surface area contributed by atoms with Gasteiger partial charge in [-0.3, -0.25) is 4.90 Å². The highest BCUT2D eigenvalue weighted by Gasteiger charge is 2.27. The maximum absolute atomic E-state index is 9.54. The Labute approximate surface area is 81.9 Å². The summed E-state index contributed by atoms with van der Waals surface area (Å²) in [4.78, 5) is 2.48. The van der Waals surface area contributed by atoms with Crippen molar-refractivity contribution in [1.29, 1.82) is 0 Å². The summed E-state index contributed by atoms with van der Waals surface area (Å²) in [5, 5.41) is 9.54. The first-order chi connectivity index (χ1) is 6.16. The van der Waals surface area contributed by atoms with Gasteiger partial charge in [0.1, 0.15) is 0 Å². The van der Waals surface area contributed by atoms with Gasteiger partial charge in [-0.05, 0) is 39.7 Å². The van der Waals surface area contributed by atoms with Crippen LogP contribution in [0.5, 0.6) is 0 Å². The molecule has 78 valence electrons. The van der Waals surface area contributed by atoms with Crippen LogP contribution in [0.25, 0.3) is 0 Å². The van der Waals surface area contributed by atoms with Crippen molar-refractivity contribution in [3.05, 3.63) is 0 Å². The molecule has 3 unspecified atom stereocenters. The van der Waals surface area contributed by atoms with Gasteiger partial charge in [0.2, 0.25) is 0 Å². The van der Waals surface area contributed by atoms with E-state index in [4.69, 9.17) is 0 Å². The van der Waals surface area contributed by atoms with Crippen molar-refractivity contribution in [1.82, 2.24) is 4.90 Å². The molecule has 13 heavy (non-hydrogen) atoms. The molecule has 1 aliphatic rings. The van der Waals surface area contributed by atoms with Gasteiger partial charge in [0, 0.05) is 12.1 Å². The van der Waals surface area contributed by atoms with E-state index >= 15 is 0 Å². The van der Waals surface area contributed by atoms with E-state index in [1.807, 2.05) is 6.92 Å². The molecule has 1 heterocycles. The molecule has 0 aromatic rings. The van der Waals surface area contributed by atoms with E-state index in [1.165, 1.54) is 32.2 Å². The Morgan fingerprint density at radius 1 is 1.38 bits per heavy atom. The summed E-state index contributed by atoms with van der Waals surface area (Å²) in [6.07, 6.45) is 4.99. The second-order valence-electron chi connectivity index (χ2n) is 4.28. The van der Waals surface area contributed by atoms with Crippen molar-refractivity contribution in [2.45, 2.75) is 64.6 Å². The first-order valence-corrected chi connectivity index (χ1v) is 5.60. The molecule has 3 atom stereocenters. The lowest BCUT2D eigenvalue weighted by molar-refractivity contribution is 0.0238. The van der Waals surface area contributed by atoms with E-state index in [0.717, 1.165) is 0 Å². The summed E-state index contributed by atoms with van der Waals surface area (Å²) in [5.74, 6) is 0. The average molecular weight is 185 g/mol. The SMILES string of the molecule is CCC1CCCCN1C(C)C(C)O.